The van der Waals surface area contributed by atoms with Gasteiger partial charge in [-0.1, -0.05) is 22.0 Å². The summed E-state index contributed by atoms with van der Waals surface area (Å²) in [5, 5.41) is 0. The summed E-state index contributed by atoms with van der Waals surface area (Å²) in [5.41, 5.74) is 1.50. The fourth-order valence-corrected chi connectivity index (χ4v) is 3.89. The molecule has 0 aliphatic carbocycles. The number of imidazole rings is 1. The highest BCUT2D eigenvalue weighted by Gasteiger charge is 2.17. The van der Waals surface area contributed by atoms with E-state index in [0.29, 0.717) is 16.7 Å². The van der Waals surface area contributed by atoms with Gasteiger partial charge in [0.2, 0.25) is 0 Å². The minimum atomic E-state index is -3.74. The van der Waals surface area contributed by atoms with Crippen molar-refractivity contribution in [3.63, 3.8) is 0 Å². The number of hydrogen-bond acceptors (Lipinski definition) is 3. The predicted octanol–water partition coefficient (Wildman–Crippen LogP) is 2.44. The van der Waals surface area contributed by atoms with Gasteiger partial charge in [0.15, 0.2) is 0 Å². The van der Waals surface area contributed by atoms with Crippen molar-refractivity contribution in [2.75, 3.05) is 4.72 Å². The number of aryl methyl sites for hydroxylation is 2. The van der Waals surface area contributed by atoms with Crippen LogP contribution in [0.25, 0.3) is 11.0 Å². The molecule has 0 aliphatic heterocycles. The van der Waals surface area contributed by atoms with Crippen molar-refractivity contribution in [1.82, 2.24) is 9.13 Å². The Morgan fingerprint density at radius 2 is 1.70 bits per heavy atom. The molecule has 120 valence electrons. The van der Waals surface area contributed by atoms with Gasteiger partial charge in [0.25, 0.3) is 10.0 Å². The number of sulfonamides is 1. The third kappa shape index (κ3) is 2.79. The van der Waals surface area contributed by atoms with E-state index in [1.54, 1.807) is 38.4 Å². The molecular weight excluding hydrogens is 382 g/mol. The van der Waals surface area contributed by atoms with Crippen molar-refractivity contribution in [1.29, 1.82) is 0 Å². The normalized spacial score (nSPS) is 11.8. The lowest BCUT2D eigenvalue weighted by atomic mass is 10.3. The number of anilines is 1. The Labute approximate surface area is 141 Å². The molecule has 6 nitrogen and oxygen atoms in total. The summed E-state index contributed by atoms with van der Waals surface area (Å²) in [6, 6.07) is 11.5. The minimum absolute atomic E-state index is 0.103. The zero-order valence-electron chi connectivity index (χ0n) is 12.4. The van der Waals surface area contributed by atoms with Crippen molar-refractivity contribution >= 4 is 42.7 Å². The number of hydrogen-bond donors (Lipinski definition) is 1. The molecule has 23 heavy (non-hydrogen) atoms. The maximum Gasteiger partial charge on any atom is 0.328 e. The van der Waals surface area contributed by atoms with Crippen LogP contribution in [-0.4, -0.2) is 17.6 Å². The smallest absolute Gasteiger partial charge is 0.295 e. The fraction of sp³-hybridized carbons (Fsp3) is 0.133. The molecule has 1 N–H and O–H groups in total. The molecular formula is C15H14BrN3O3S. The van der Waals surface area contributed by atoms with E-state index < -0.39 is 10.0 Å². The Balaban J connectivity index is 2.08. The third-order valence-electron chi connectivity index (χ3n) is 3.63. The van der Waals surface area contributed by atoms with Crippen LogP contribution >= 0.6 is 15.9 Å². The van der Waals surface area contributed by atoms with Gasteiger partial charge in [-0.2, -0.15) is 0 Å². The molecule has 8 heteroatoms. The second-order valence-corrected chi connectivity index (χ2v) is 7.77. The predicted molar refractivity (Wildman–Crippen MR) is 93.1 cm³/mol. The van der Waals surface area contributed by atoms with Crippen LogP contribution in [0.5, 0.6) is 0 Å². The number of aromatic nitrogens is 2. The SMILES string of the molecule is Cn1c(=O)n(C)c2cc(S(=O)(=O)Nc3cccc(Br)c3)ccc21. The number of fused-ring (bicyclic) bond motifs is 1. The summed E-state index contributed by atoms with van der Waals surface area (Å²) in [4.78, 5) is 12.0. The Hall–Kier alpha value is -2.06. The molecule has 0 radical (unpaired) electrons. The number of halogens is 1. The number of nitrogens with zero attached hydrogens (tertiary/aromatic N) is 2. The second-order valence-electron chi connectivity index (χ2n) is 5.17. The summed E-state index contributed by atoms with van der Waals surface area (Å²) >= 11 is 3.30. The highest BCUT2D eigenvalue weighted by molar-refractivity contribution is 9.10. The van der Waals surface area contributed by atoms with E-state index in [0.717, 1.165) is 4.47 Å². The van der Waals surface area contributed by atoms with Gasteiger partial charge >= 0.3 is 5.69 Å². The Kier molecular flexibility index (Phi) is 3.81. The zero-order chi connectivity index (χ0) is 16.8. The van der Waals surface area contributed by atoms with Crippen LogP contribution in [0.1, 0.15) is 0 Å². The van der Waals surface area contributed by atoms with Crippen LogP contribution in [0.2, 0.25) is 0 Å². The molecule has 0 atom stereocenters. The molecule has 0 fully saturated rings. The molecule has 1 aromatic heterocycles. The van der Waals surface area contributed by atoms with Gasteiger partial charge in [0, 0.05) is 24.3 Å². The molecule has 0 saturated carbocycles. The van der Waals surface area contributed by atoms with E-state index in [1.165, 1.54) is 21.3 Å². The molecule has 0 saturated heterocycles. The second kappa shape index (κ2) is 5.54. The van der Waals surface area contributed by atoms with Crippen LogP contribution in [0.15, 0.2) is 56.6 Å². The Bertz CT molecular complexity index is 1070. The lowest BCUT2D eigenvalue weighted by molar-refractivity contribution is 0.601. The van der Waals surface area contributed by atoms with Gasteiger partial charge in [-0.3, -0.25) is 13.9 Å². The van der Waals surface area contributed by atoms with E-state index in [1.807, 2.05) is 6.07 Å². The quantitative estimate of drug-likeness (QED) is 0.739. The van der Waals surface area contributed by atoms with Gasteiger partial charge in [0.05, 0.1) is 15.9 Å². The molecule has 1 heterocycles. The highest BCUT2D eigenvalue weighted by atomic mass is 79.9. The monoisotopic (exact) mass is 395 g/mol. The van der Waals surface area contributed by atoms with Gasteiger partial charge in [-0.05, 0) is 36.4 Å². The Morgan fingerprint density at radius 3 is 2.39 bits per heavy atom. The summed E-state index contributed by atoms with van der Waals surface area (Å²) in [6.07, 6.45) is 0. The van der Waals surface area contributed by atoms with Crippen molar-refractivity contribution in [2.45, 2.75) is 4.90 Å². The molecule has 0 spiro atoms. The van der Waals surface area contributed by atoms with E-state index in [2.05, 4.69) is 20.7 Å². The average molecular weight is 396 g/mol. The van der Waals surface area contributed by atoms with E-state index >= 15 is 0 Å². The fourth-order valence-electron chi connectivity index (χ4n) is 2.42. The molecule has 0 unspecified atom stereocenters. The topological polar surface area (TPSA) is 73.1 Å². The third-order valence-corrected chi connectivity index (χ3v) is 5.50. The first-order valence-corrected chi connectivity index (χ1v) is 9.01. The lowest BCUT2D eigenvalue weighted by Gasteiger charge is -2.09. The lowest BCUT2D eigenvalue weighted by Crippen LogP contribution is -2.19. The van der Waals surface area contributed by atoms with E-state index in [4.69, 9.17) is 0 Å². The maximum absolute atomic E-state index is 12.5. The summed E-state index contributed by atoms with van der Waals surface area (Å²) in [6.45, 7) is 0. The van der Waals surface area contributed by atoms with E-state index in [9.17, 15) is 13.2 Å². The zero-order valence-corrected chi connectivity index (χ0v) is 14.8. The molecule has 0 aliphatic rings. The number of nitrogens with one attached hydrogen (secondary N) is 1. The van der Waals surface area contributed by atoms with Crippen molar-refractivity contribution in [3.05, 3.63) is 57.4 Å². The molecule has 0 bridgehead atoms. The van der Waals surface area contributed by atoms with Crippen LogP contribution in [0, 0.1) is 0 Å². The molecule has 3 rings (SSSR count). The van der Waals surface area contributed by atoms with E-state index in [-0.39, 0.29) is 10.6 Å². The maximum atomic E-state index is 12.5. The largest absolute Gasteiger partial charge is 0.328 e. The summed E-state index contributed by atoms with van der Waals surface area (Å²) in [5.74, 6) is 0. The minimum Gasteiger partial charge on any atom is -0.295 e. The molecule has 2 aromatic carbocycles. The molecule has 0 amide bonds. The van der Waals surface area contributed by atoms with Crippen molar-refractivity contribution in [2.24, 2.45) is 14.1 Å². The van der Waals surface area contributed by atoms with Crippen LogP contribution in [-0.2, 0) is 24.1 Å². The average Bonchev–Trinajstić information content (AvgIpc) is 2.71. The summed E-state index contributed by atoms with van der Waals surface area (Å²) < 4.78 is 31.3. The van der Waals surface area contributed by atoms with Gasteiger partial charge < -0.3 is 0 Å². The van der Waals surface area contributed by atoms with Crippen LogP contribution in [0.4, 0.5) is 5.69 Å². The first kappa shape index (κ1) is 15.8. The van der Waals surface area contributed by atoms with Gasteiger partial charge in [-0.25, -0.2) is 13.2 Å². The summed E-state index contributed by atoms with van der Waals surface area (Å²) in [7, 11) is -0.472. The van der Waals surface area contributed by atoms with Crippen LogP contribution in [0.3, 0.4) is 0 Å². The van der Waals surface area contributed by atoms with Crippen molar-refractivity contribution < 1.29 is 8.42 Å². The van der Waals surface area contributed by atoms with Gasteiger partial charge in [0.1, 0.15) is 0 Å². The first-order chi connectivity index (χ1) is 10.8. The molecule has 3 aromatic rings. The van der Waals surface area contributed by atoms with Gasteiger partial charge in [-0.15, -0.1) is 0 Å². The highest BCUT2D eigenvalue weighted by Crippen LogP contribution is 2.22. The standard InChI is InChI=1S/C15H14BrN3O3S/c1-18-13-7-6-12(9-14(13)19(2)15(18)20)23(21,22)17-11-5-3-4-10(16)8-11/h3-9,17H,1-2H3. The first-order valence-electron chi connectivity index (χ1n) is 6.73. The number of rotatable bonds is 3. The Morgan fingerprint density at radius 1 is 1.00 bits per heavy atom. The van der Waals surface area contributed by atoms with Crippen molar-refractivity contribution in [3.8, 4) is 0 Å². The van der Waals surface area contributed by atoms with Crippen LogP contribution < -0.4 is 10.4 Å². The number of benzene rings is 2.